The normalized spacial score (nSPS) is 11.4. The molecule has 0 N–H and O–H groups in total. The van der Waals surface area contributed by atoms with Crippen LogP contribution in [-0.4, -0.2) is 15.9 Å². The van der Waals surface area contributed by atoms with E-state index in [1.165, 1.54) is 5.56 Å². The Bertz CT molecular complexity index is 1490. The number of carbonyl (C=O) groups excluding carboxylic acids is 1. The molecule has 1 aromatic heterocycles. The first kappa shape index (κ1) is 22.5. The van der Waals surface area contributed by atoms with Crippen LogP contribution in [0.4, 0.5) is 0 Å². The van der Waals surface area contributed by atoms with Gasteiger partial charge in [-0.1, -0.05) is 93.6 Å². The zero-order chi connectivity index (χ0) is 24.4. The molecule has 172 valence electrons. The Balaban J connectivity index is 1.51. The summed E-state index contributed by atoms with van der Waals surface area (Å²) in [6.45, 7) is 6.45. The molecule has 0 atom stereocenters. The zero-order valence-corrected chi connectivity index (χ0v) is 20.0. The van der Waals surface area contributed by atoms with Crippen molar-refractivity contribution in [2.45, 2.75) is 26.2 Å². The summed E-state index contributed by atoms with van der Waals surface area (Å²) in [5.41, 5.74) is 6.53. The first-order valence-electron chi connectivity index (χ1n) is 11.6. The molecule has 0 aliphatic rings. The minimum Gasteiger partial charge on any atom is -0.423 e. The molecule has 0 spiro atoms. The molecule has 4 aromatic carbocycles. The van der Waals surface area contributed by atoms with Crippen molar-refractivity contribution in [1.29, 1.82) is 0 Å². The van der Waals surface area contributed by atoms with Gasteiger partial charge in [0, 0.05) is 11.1 Å². The molecule has 0 amide bonds. The van der Waals surface area contributed by atoms with Gasteiger partial charge in [0.1, 0.15) is 5.75 Å². The summed E-state index contributed by atoms with van der Waals surface area (Å²) >= 11 is 0. The lowest BCUT2D eigenvalue weighted by molar-refractivity contribution is 0.0735. The molecule has 4 nitrogen and oxygen atoms in total. The summed E-state index contributed by atoms with van der Waals surface area (Å²) in [7, 11) is 0. The number of hydrogen-bond acceptors (Lipinski definition) is 4. The van der Waals surface area contributed by atoms with E-state index in [0.717, 1.165) is 28.0 Å². The van der Waals surface area contributed by atoms with Crippen LogP contribution in [0.1, 0.15) is 36.7 Å². The number of carbonyl (C=O) groups is 1. The molecule has 0 aliphatic carbocycles. The van der Waals surface area contributed by atoms with Crippen LogP contribution in [0.3, 0.4) is 0 Å². The molecule has 0 aliphatic heterocycles. The third kappa shape index (κ3) is 4.82. The minimum absolute atomic E-state index is 0.0363. The maximum atomic E-state index is 12.9. The monoisotopic (exact) mass is 458 g/mol. The highest BCUT2D eigenvalue weighted by Gasteiger charge is 2.17. The van der Waals surface area contributed by atoms with Gasteiger partial charge in [0.2, 0.25) is 0 Å². The maximum absolute atomic E-state index is 12.9. The van der Waals surface area contributed by atoms with Crippen LogP contribution in [0.25, 0.3) is 33.5 Å². The van der Waals surface area contributed by atoms with Crippen LogP contribution in [-0.2, 0) is 5.41 Å². The second-order valence-corrected chi connectivity index (χ2v) is 9.52. The van der Waals surface area contributed by atoms with Crippen LogP contribution in [0.5, 0.6) is 5.75 Å². The van der Waals surface area contributed by atoms with Gasteiger partial charge in [-0.25, -0.2) is 14.8 Å². The van der Waals surface area contributed by atoms with Crippen LogP contribution < -0.4 is 4.74 Å². The number of nitrogens with zero attached hydrogens (tertiary/aromatic N) is 2. The third-order valence-electron chi connectivity index (χ3n) is 5.93. The van der Waals surface area contributed by atoms with Crippen molar-refractivity contribution in [1.82, 2.24) is 9.97 Å². The molecule has 0 saturated heterocycles. The largest absolute Gasteiger partial charge is 0.423 e. The van der Waals surface area contributed by atoms with Crippen molar-refractivity contribution in [3.05, 3.63) is 114 Å². The van der Waals surface area contributed by atoms with Crippen molar-refractivity contribution in [2.75, 3.05) is 0 Å². The molecule has 5 rings (SSSR count). The van der Waals surface area contributed by atoms with Gasteiger partial charge >= 0.3 is 5.97 Å². The second-order valence-electron chi connectivity index (χ2n) is 9.52. The summed E-state index contributed by atoms with van der Waals surface area (Å²) in [5.74, 6) is 0.0872. The Kier molecular flexibility index (Phi) is 5.87. The first-order valence-corrected chi connectivity index (χ1v) is 11.6. The Morgan fingerprint density at radius 2 is 1.20 bits per heavy atom. The van der Waals surface area contributed by atoms with E-state index in [-0.39, 0.29) is 5.41 Å². The van der Waals surface area contributed by atoms with E-state index in [1.54, 1.807) is 12.1 Å². The Labute approximate surface area is 205 Å². The molecule has 5 aromatic rings. The van der Waals surface area contributed by atoms with E-state index in [4.69, 9.17) is 14.7 Å². The lowest BCUT2D eigenvalue weighted by Crippen LogP contribution is -2.12. The van der Waals surface area contributed by atoms with Gasteiger partial charge in [0.05, 0.1) is 28.0 Å². The number of hydrogen-bond donors (Lipinski definition) is 0. The zero-order valence-electron chi connectivity index (χ0n) is 20.0. The molecule has 0 saturated carbocycles. The Morgan fingerprint density at radius 3 is 1.74 bits per heavy atom. The third-order valence-corrected chi connectivity index (χ3v) is 5.93. The van der Waals surface area contributed by atoms with Gasteiger partial charge in [-0.15, -0.1) is 0 Å². The average Bonchev–Trinajstić information content (AvgIpc) is 2.88. The van der Waals surface area contributed by atoms with E-state index < -0.39 is 5.97 Å². The quantitative estimate of drug-likeness (QED) is 0.207. The first-order chi connectivity index (χ1) is 16.9. The van der Waals surface area contributed by atoms with E-state index in [0.29, 0.717) is 16.8 Å². The van der Waals surface area contributed by atoms with Gasteiger partial charge in [-0.05, 0) is 41.3 Å². The maximum Gasteiger partial charge on any atom is 0.343 e. The van der Waals surface area contributed by atoms with Gasteiger partial charge < -0.3 is 4.74 Å². The summed E-state index contributed by atoms with van der Waals surface area (Å²) in [4.78, 5) is 22.8. The SMILES string of the molecule is CC(C)(C)c1ccc(OC(=O)c2ccc3nc(-c4ccccc4)c(-c4ccccc4)nc3c2)cc1. The number of esters is 1. The van der Waals surface area contributed by atoms with Crippen LogP contribution >= 0.6 is 0 Å². The molecular weight excluding hydrogens is 432 g/mol. The summed E-state index contributed by atoms with van der Waals surface area (Å²) < 4.78 is 5.64. The molecule has 0 unspecified atom stereocenters. The van der Waals surface area contributed by atoms with Gasteiger partial charge in [0.15, 0.2) is 0 Å². The highest BCUT2D eigenvalue weighted by atomic mass is 16.5. The lowest BCUT2D eigenvalue weighted by atomic mass is 9.87. The molecule has 1 heterocycles. The van der Waals surface area contributed by atoms with Crippen LogP contribution in [0.15, 0.2) is 103 Å². The van der Waals surface area contributed by atoms with Gasteiger partial charge in [-0.3, -0.25) is 0 Å². The van der Waals surface area contributed by atoms with E-state index in [2.05, 4.69) is 20.8 Å². The summed E-state index contributed by atoms with van der Waals surface area (Å²) in [5, 5.41) is 0. The second kappa shape index (κ2) is 9.15. The molecular formula is C31H26N2O2. The standard InChI is InChI=1S/C31H26N2O2/c1-31(2,3)24-15-17-25(18-16-24)35-30(34)23-14-19-26-27(20-23)33-29(22-12-8-5-9-13-22)28(32-26)21-10-6-4-7-11-21/h4-20H,1-3H3. The summed E-state index contributed by atoms with van der Waals surface area (Å²) in [6.07, 6.45) is 0. The predicted octanol–water partition coefficient (Wildman–Crippen LogP) is 7.48. The fourth-order valence-corrected chi connectivity index (χ4v) is 3.96. The van der Waals surface area contributed by atoms with E-state index >= 15 is 0 Å². The molecule has 0 fully saturated rings. The van der Waals surface area contributed by atoms with Crippen molar-refractivity contribution in [2.24, 2.45) is 0 Å². The van der Waals surface area contributed by atoms with Crippen molar-refractivity contribution in [3.8, 4) is 28.3 Å². The Morgan fingerprint density at radius 1 is 0.657 bits per heavy atom. The van der Waals surface area contributed by atoms with Crippen LogP contribution in [0.2, 0.25) is 0 Å². The lowest BCUT2D eigenvalue weighted by Gasteiger charge is -2.19. The summed E-state index contributed by atoms with van der Waals surface area (Å²) in [6, 6.07) is 32.9. The highest BCUT2D eigenvalue weighted by Crippen LogP contribution is 2.31. The van der Waals surface area contributed by atoms with E-state index in [9.17, 15) is 4.79 Å². The average molecular weight is 459 g/mol. The predicted molar refractivity (Wildman–Crippen MR) is 141 cm³/mol. The highest BCUT2D eigenvalue weighted by molar-refractivity contribution is 5.96. The number of ether oxygens (including phenoxy) is 1. The van der Waals surface area contributed by atoms with Crippen molar-refractivity contribution in [3.63, 3.8) is 0 Å². The molecule has 35 heavy (non-hydrogen) atoms. The molecule has 4 heteroatoms. The van der Waals surface area contributed by atoms with Gasteiger partial charge in [-0.2, -0.15) is 0 Å². The van der Waals surface area contributed by atoms with Crippen molar-refractivity contribution < 1.29 is 9.53 Å². The molecule has 0 radical (unpaired) electrons. The topological polar surface area (TPSA) is 52.1 Å². The van der Waals surface area contributed by atoms with Crippen molar-refractivity contribution >= 4 is 17.0 Å². The Hall–Kier alpha value is -4.31. The fourth-order valence-electron chi connectivity index (χ4n) is 3.96. The molecule has 0 bridgehead atoms. The number of fused-ring (bicyclic) bond motifs is 1. The smallest absolute Gasteiger partial charge is 0.343 e. The minimum atomic E-state index is -0.425. The number of aromatic nitrogens is 2. The fraction of sp³-hybridized carbons (Fsp3) is 0.129. The van der Waals surface area contributed by atoms with Crippen LogP contribution in [0, 0.1) is 0 Å². The van der Waals surface area contributed by atoms with Gasteiger partial charge in [0.25, 0.3) is 0 Å². The van der Waals surface area contributed by atoms with E-state index in [1.807, 2.05) is 91.0 Å². The number of benzene rings is 4. The number of rotatable bonds is 4.